The molecule has 3 heteroatoms. The summed E-state index contributed by atoms with van der Waals surface area (Å²) in [5, 5.41) is 8.88. The standard InChI is InChI=1S/C14H18N2S/c1-14(2)11-16(6-7-17-14)10-13-5-3-4-12(8-13)9-15/h3-5,8H,6-7,10-11H2,1-2H3. The molecule has 0 unspecified atom stereocenters. The van der Waals surface area contributed by atoms with Gasteiger partial charge in [0.1, 0.15) is 0 Å². The first-order chi connectivity index (χ1) is 8.09. The molecule has 0 spiro atoms. The quantitative estimate of drug-likeness (QED) is 0.803. The van der Waals surface area contributed by atoms with E-state index in [0.29, 0.717) is 4.75 Å². The van der Waals surface area contributed by atoms with Gasteiger partial charge in [0.25, 0.3) is 0 Å². The topological polar surface area (TPSA) is 27.0 Å². The molecule has 2 rings (SSSR count). The third-order valence-electron chi connectivity index (χ3n) is 2.97. The maximum Gasteiger partial charge on any atom is 0.0991 e. The Morgan fingerprint density at radius 2 is 2.29 bits per heavy atom. The van der Waals surface area contributed by atoms with Crippen LogP contribution >= 0.6 is 11.8 Å². The highest BCUT2D eigenvalue weighted by Crippen LogP contribution is 2.30. The predicted octanol–water partition coefficient (Wildman–Crippen LogP) is 2.89. The first-order valence-corrected chi connectivity index (χ1v) is 6.93. The molecular formula is C14H18N2S. The highest BCUT2D eigenvalue weighted by Gasteiger charge is 2.26. The maximum atomic E-state index is 8.88. The third kappa shape index (κ3) is 3.49. The third-order valence-corrected chi connectivity index (χ3v) is 4.26. The van der Waals surface area contributed by atoms with Gasteiger partial charge in [-0.25, -0.2) is 0 Å². The minimum atomic E-state index is 0.352. The molecule has 1 aliphatic rings. The Morgan fingerprint density at radius 3 is 3.00 bits per heavy atom. The molecule has 0 bridgehead atoms. The number of nitriles is 1. The average Bonchev–Trinajstić information content (AvgIpc) is 2.28. The number of nitrogens with zero attached hydrogens (tertiary/aromatic N) is 2. The fourth-order valence-electron chi connectivity index (χ4n) is 2.25. The van der Waals surface area contributed by atoms with Crippen molar-refractivity contribution < 1.29 is 0 Å². The van der Waals surface area contributed by atoms with E-state index in [4.69, 9.17) is 5.26 Å². The fraction of sp³-hybridized carbons (Fsp3) is 0.500. The van der Waals surface area contributed by atoms with Crippen LogP contribution in [0.4, 0.5) is 0 Å². The molecule has 90 valence electrons. The SMILES string of the molecule is CC1(C)CN(Cc2cccc(C#N)c2)CCS1. The van der Waals surface area contributed by atoms with Crippen molar-refractivity contribution in [1.82, 2.24) is 4.90 Å². The number of rotatable bonds is 2. The van der Waals surface area contributed by atoms with Crippen LogP contribution in [-0.2, 0) is 6.54 Å². The minimum absolute atomic E-state index is 0.352. The molecule has 0 aliphatic carbocycles. The summed E-state index contributed by atoms with van der Waals surface area (Å²) < 4.78 is 0.352. The highest BCUT2D eigenvalue weighted by atomic mass is 32.2. The average molecular weight is 246 g/mol. The molecule has 0 atom stereocenters. The van der Waals surface area contributed by atoms with Gasteiger partial charge in [0.2, 0.25) is 0 Å². The molecule has 0 N–H and O–H groups in total. The van der Waals surface area contributed by atoms with E-state index in [2.05, 4.69) is 30.9 Å². The largest absolute Gasteiger partial charge is 0.297 e. The van der Waals surface area contributed by atoms with Crippen LogP contribution in [0.5, 0.6) is 0 Å². The van der Waals surface area contributed by atoms with Crippen LogP contribution in [0, 0.1) is 11.3 Å². The van der Waals surface area contributed by atoms with Gasteiger partial charge in [-0.05, 0) is 31.5 Å². The highest BCUT2D eigenvalue weighted by molar-refractivity contribution is 8.00. The summed E-state index contributed by atoms with van der Waals surface area (Å²) in [6, 6.07) is 10.1. The monoisotopic (exact) mass is 246 g/mol. The van der Waals surface area contributed by atoms with Gasteiger partial charge in [-0.3, -0.25) is 4.90 Å². The van der Waals surface area contributed by atoms with E-state index in [0.717, 1.165) is 25.2 Å². The van der Waals surface area contributed by atoms with Gasteiger partial charge in [-0.15, -0.1) is 0 Å². The van der Waals surface area contributed by atoms with Gasteiger partial charge < -0.3 is 0 Å². The number of hydrogen-bond acceptors (Lipinski definition) is 3. The summed E-state index contributed by atoms with van der Waals surface area (Å²) >= 11 is 2.05. The second-order valence-corrected chi connectivity index (χ2v) is 6.93. The summed E-state index contributed by atoms with van der Waals surface area (Å²) in [4.78, 5) is 2.48. The Hall–Kier alpha value is -0.980. The summed E-state index contributed by atoms with van der Waals surface area (Å²) in [5.41, 5.74) is 2.00. The lowest BCUT2D eigenvalue weighted by Crippen LogP contribution is -2.42. The van der Waals surface area contributed by atoms with Crippen molar-refractivity contribution >= 4 is 11.8 Å². The first-order valence-electron chi connectivity index (χ1n) is 5.94. The summed E-state index contributed by atoms with van der Waals surface area (Å²) in [5.74, 6) is 1.20. The second-order valence-electron chi connectivity index (χ2n) is 5.13. The van der Waals surface area contributed by atoms with Crippen LogP contribution in [0.1, 0.15) is 25.0 Å². The normalized spacial score (nSPS) is 19.8. The lowest BCUT2D eigenvalue weighted by Gasteiger charge is -2.37. The van der Waals surface area contributed by atoms with Gasteiger partial charge in [0, 0.05) is 30.1 Å². The van der Waals surface area contributed by atoms with Crippen LogP contribution in [-0.4, -0.2) is 28.5 Å². The first kappa shape index (κ1) is 12.5. The van der Waals surface area contributed by atoms with E-state index < -0.39 is 0 Å². The van der Waals surface area contributed by atoms with Crippen LogP contribution in [0.25, 0.3) is 0 Å². The predicted molar refractivity (Wildman–Crippen MR) is 73.0 cm³/mol. The van der Waals surface area contributed by atoms with Crippen molar-refractivity contribution in [3.05, 3.63) is 35.4 Å². The molecule has 2 nitrogen and oxygen atoms in total. The van der Waals surface area contributed by atoms with Crippen LogP contribution in [0.3, 0.4) is 0 Å². The lowest BCUT2D eigenvalue weighted by molar-refractivity contribution is 0.252. The molecule has 1 heterocycles. The van der Waals surface area contributed by atoms with Crippen LogP contribution in [0.15, 0.2) is 24.3 Å². The van der Waals surface area contributed by atoms with Crippen molar-refractivity contribution in [3.63, 3.8) is 0 Å². The fourth-order valence-corrected chi connectivity index (χ4v) is 3.42. The smallest absolute Gasteiger partial charge is 0.0991 e. The summed E-state index contributed by atoms with van der Waals surface area (Å²) in [7, 11) is 0. The number of hydrogen-bond donors (Lipinski definition) is 0. The van der Waals surface area contributed by atoms with E-state index in [-0.39, 0.29) is 0 Å². The molecule has 0 radical (unpaired) electrons. The lowest BCUT2D eigenvalue weighted by atomic mass is 10.1. The van der Waals surface area contributed by atoms with E-state index in [1.807, 2.05) is 30.0 Å². The Morgan fingerprint density at radius 1 is 1.47 bits per heavy atom. The van der Waals surface area contributed by atoms with Crippen LogP contribution < -0.4 is 0 Å². The number of thioether (sulfide) groups is 1. The zero-order valence-electron chi connectivity index (χ0n) is 10.4. The molecule has 0 aromatic heterocycles. The van der Waals surface area contributed by atoms with E-state index in [1.165, 1.54) is 11.3 Å². The summed E-state index contributed by atoms with van der Waals surface area (Å²) in [6.07, 6.45) is 0. The van der Waals surface area contributed by atoms with Crippen molar-refractivity contribution in [2.24, 2.45) is 0 Å². The molecule has 0 saturated carbocycles. The van der Waals surface area contributed by atoms with E-state index >= 15 is 0 Å². The number of benzene rings is 1. The van der Waals surface area contributed by atoms with Gasteiger partial charge >= 0.3 is 0 Å². The zero-order valence-corrected chi connectivity index (χ0v) is 11.3. The zero-order chi connectivity index (χ0) is 12.3. The molecule has 1 aromatic rings. The Kier molecular flexibility index (Phi) is 3.76. The molecular weight excluding hydrogens is 228 g/mol. The Labute approximate surface area is 108 Å². The molecule has 1 fully saturated rings. The molecule has 1 aromatic carbocycles. The van der Waals surface area contributed by atoms with Gasteiger partial charge in [-0.2, -0.15) is 17.0 Å². The van der Waals surface area contributed by atoms with E-state index in [9.17, 15) is 0 Å². The van der Waals surface area contributed by atoms with Crippen molar-refractivity contribution in [3.8, 4) is 6.07 Å². The van der Waals surface area contributed by atoms with E-state index in [1.54, 1.807) is 0 Å². The van der Waals surface area contributed by atoms with Crippen molar-refractivity contribution in [2.75, 3.05) is 18.8 Å². The van der Waals surface area contributed by atoms with Crippen molar-refractivity contribution in [1.29, 1.82) is 5.26 Å². The van der Waals surface area contributed by atoms with Gasteiger partial charge in [0.15, 0.2) is 0 Å². The molecule has 1 saturated heterocycles. The van der Waals surface area contributed by atoms with Crippen LogP contribution in [0.2, 0.25) is 0 Å². The minimum Gasteiger partial charge on any atom is -0.297 e. The molecule has 1 aliphatic heterocycles. The summed E-state index contributed by atoms with van der Waals surface area (Å²) in [6.45, 7) is 7.82. The van der Waals surface area contributed by atoms with Gasteiger partial charge in [-0.1, -0.05) is 12.1 Å². The van der Waals surface area contributed by atoms with Gasteiger partial charge in [0.05, 0.1) is 11.6 Å². The Balaban J connectivity index is 2.03. The Bertz CT molecular complexity index is 434. The second kappa shape index (κ2) is 5.12. The van der Waals surface area contributed by atoms with Crippen molar-refractivity contribution in [2.45, 2.75) is 25.1 Å². The molecule has 0 amide bonds. The maximum absolute atomic E-state index is 8.88. The molecule has 17 heavy (non-hydrogen) atoms.